The molecule has 1 aromatic rings. The first-order chi connectivity index (χ1) is 13.0. The van der Waals surface area contributed by atoms with Crippen LogP contribution in [-0.4, -0.2) is 47.2 Å². The zero-order valence-electron chi connectivity index (χ0n) is 15.0. The molecule has 0 spiro atoms. The van der Waals surface area contributed by atoms with Crippen molar-refractivity contribution in [1.29, 1.82) is 0 Å². The molecule has 1 unspecified atom stereocenters. The van der Waals surface area contributed by atoms with E-state index in [4.69, 9.17) is 4.74 Å². The summed E-state index contributed by atoms with van der Waals surface area (Å²) in [4.78, 5) is 11.9. The number of carbonyl (C=O) groups is 1. The summed E-state index contributed by atoms with van der Waals surface area (Å²) in [6.07, 6.45) is 0. The molecule has 2 aliphatic heterocycles. The van der Waals surface area contributed by atoms with E-state index in [9.17, 15) is 30.4 Å². The minimum Gasteiger partial charge on any atom is -0.466 e. The Morgan fingerprint density at radius 1 is 1.18 bits per heavy atom. The summed E-state index contributed by atoms with van der Waals surface area (Å²) >= 11 is 0. The fourth-order valence-electron chi connectivity index (χ4n) is 3.41. The van der Waals surface area contributed by atoms with Crippen molar-refractivity contribution in [2.24, 2.45) is 0 Å². The molecule has 1 aromatic carbocycles. The molecule has 28 heavy (non-hydrogen) atoms. The molecule has 0 radical (unpaired) electrons. The molecule has 0 aromatic heterocycles. The molecule has 0 aliphatic carbocycles. The lowest BCUT2D eigenvalue weighted by Crippen LogP contribution is -2.34. The number of sulfone groups is 2. The Hall–Kier alpha value is -2.27. The maximum atomic E-state index is 14.6. The third-order valence-electron chi connectivity index (χ3n) is 4.65. The van der Waals surface area contributed by atoms with Gasteiger partial charge in [0.2, 0.25) is 0 Å². The van der Waals surface area contributed by atoms with Gasteiger partial charge in [-0.15, -0.1) is 0 Å². The highest BCUT2D eigenvalue weighted by Gasteiger charge is 2.44. The van der Waals surface area contributed by atoms with Crippen LogP contribution in [-0.2, 0) is 29.2 Å². The number of halogens is 2. The molecule has 1 atom stereocenters. The van der Waals surface area contributed by atoms with E-state index in [-0.39, 0.29) is 17.0 Å². The van der Waals surface area contributed by atoms with Gasteiger partial charge in [-0.25, -0.2) is 30.4 Å². The van der Waals surface area contributed by atoms with E-state index >= 15 is 0 Å². The number of hydrogen-bond acceptors (Lipinski definition) is 7. The van der Waals surface area contributed by atoms with E-state index in [0.29, 0.717) is 0 Å². The van der Waals surface area contributed by atoms with E-state index in [2.05, 4.69) is 5.32 Å². The molecule has 7 nitrogen and oxygen atoms in total. The third kappa shape index (κ3) is 3.44. The summed E-state index contributed by atoms with van der Waals surface area (Å²) in [6.45, 7) is 1.41. The quantitative estimate of drug-likeness (QED) is 0.698. The van der Waals surface area contributed by atoms with Crippen molar-refractivity contribution in [3.8, 4) is 0 Å². The number of rotatable bonds is 2. The first kappa shape index (κ1) is 20.5. The topological polar surface area (TPSA) is 107 Å². The van der Waals surface area contributed by atoms with Crippen LogP contribution >= 0.6 is 0 Å². The van der Waals surface area contributed by atoms with Crippen LogP contribution in [0.1, 0.15) is 18.4 Å². The van der Waals surface area contributed by atoms with E-state index in [0.717, 1.165) is 19.2 Å². The second-order valence-electron chi connectivity index (χ2n) is 6.49. The van der Waals surface area contributed by atoms with Crippen molar-refractivity contribution in [3.05, 3.63) is 57.3 Å². The lowest BCUT2D eigenvalue weighted by atomic mass is 9.86. The predicted octanol–water partition coefficient (Wildman–Crippen LogP) is 1.15. The Morgan fingerprint density at radius 3 is 2.50 bits per heavy atom. The van der Waals surface area contributed by atoms with Gasteiger partial charge < -0.3 is 10.1 Å². The Kier molecular flexibility index (Phi) is 5.09. The molecular weight excluding hydrogens is 416 g/mol. The smallest absolute Gasteiger partial charge is 0.336 e. The van der Waals surface area contributed by atoms with Crippen molar-refractivity contribution in [2.75, 3.05) is 24.4 Å². The summed E-state index contributed by atoms with van der Waals surface area (Å²) in [5.74, 6) is -6.98. The number of ether oxygens (including phenoxy) is 1. The molecular formula is C17H17F2NO6S2. The van der Waals surface area contributed by atoms with Crippen molar-refractivity contribution in [2.45, 2.75) is 12.8 Å². The molecule has 152 valence electrons. The van der Waals surface area contributed by atoms with Gasteiger partial charge in [0.05, 0.1) is 40.8 Å². The number of esters is 1. The highest BCUT2D eigenvalue weighted by molar-refractivity contribution is 7.98. The molecule has 0 amide bonds. The third-order valence-corrected chi connectivity index (χ3v) is 8.36. The Balaban J connectivity index is 2.38. The van der Waals surface area contributed by atoms with Gasteiger partial charge in [-0.05, 0) is 13.0 Å². The monoisotopic (exact) mass is 433 g/mol. The SMILES string of the molecule is COC(=O)C1=C(C)NC2=C(C1c1cccc(F)c1F)S(=O)(=O)CCS(=O)(=O)C2. The van der Waals surface area contributed by atoms with Crippen LogP contribution in [0, 0.1) is 11.6 Å². The number of allylic oxidation sites excluding steroid dienone is 2. The van der Waals surface area contributed by atoms with Gasteiger partial charge >= 0.3 is 5.97 Å². The van der Waals surface area contributed by atoms with Crippen LogP contribution in [0.15, 0.2) is 40.1 Å². The van der Waals surface area contributed by atoms with Gasteiger partial charge in [0.1, 0.15) is 0 Å². The Bertz CT molecular complexity index is 1140. The fraction of sp³-hybridized carbons (Fsp3) is 0.353. The largest absolute Gasteiger partial charge is 0.466 e. The lowest BCUT2D eigenvalue weighted by Gasteiger charge is -2.31. The van der Waals surface area contributed by atoms with Gasteiger partial charge in [0, 0.05) is 17.0 Å². The normalized spacial score (nSPS) is 23.5. The molecule has 2 heterocycles. The maximum absolute atomic E-state index is 14.6. The molecule has 1 N–H and O–H groups in total. The average Bonchev–Trinajstić information content (AvgIpc) is 2.69. The first-order valence-corrected chi connectivity index (χ1v) is 11.6. The molecule has 0 bridgehead atoms. The van der Waals surface area contributed by atoms with Gasteiger partial charge in [-0.1, -0.05) is 12.1 Å². The summed E-state index contributed by atoms with van der Waals surface area (Å²) < 4.78 is 83.4. The van der Waals surface area contributed by atoms with Crippen LogP contribution in [0.4, 0.5) is 8.78 Å². The molecule has 0 saturated heterocycles. The van der Waals surface area contributed by atoms with Gasteiger partial charge in [0.25, 0.3) is 0 Å². The number of dihydropyridines is 1. The number of carbonyl (C=O) groups excluding carboxylic acids is 1. The summed E-state index contributed by atoms with van der Waals surface area (Å²) in [5, 5.41) is 2.65. The Morgan fingerprint density at radius 2 is 1.86 bits per heavy atom. The van der Waals surface area contributed by atoms with Crippen molar-refractivity contribution >= 4 is 25.6 Å². The second-order valence-corrected chi connectivity index (χ2v) is 10.7. The van der Waals surface area contributed by atoms with Crippen LogP contribution in [0.5, 0.6) is 0 Å². The highest BCUT2D eigenvalue weighted by Crippen LogP contribution is 2.43. The van der Waals surface area contributed by atoms with Crippen LogP contribution in [0.25, 0.3) is 0 Å². The standard InChI is InChI=1S/C17H17F2NO6S2/c1-9-13(17(21)26-2)14(10-4-3-5-11(18)15(10)19)16-12(20-9)8-27(22,23)6-7-28(16,24)25/h3-5,14,20H,6-8H2,1-2H3. The van der Waals surface area contributed by atoms with Gasteiger partial charge in [-0.2, -0.15) is 0 Å². The zero-order valence-corrected chi connectivity index (χ0v) is 16.6. The number of benzene rings is 1. The van der Waals surface area contributed by atoms with Crippen LogP contribution in [0.2, 0.25) is 0 Å². The Labute approximate surface area is 160 Å². The second kappa shape index (κ2) is 6.96. The molecule has 0 fully saturated rings. The molecule has 0 saturated carbocycles. The number of nitrogens with one attached hydrogen (secondary N) is 1. The van der Waals surface area contributed by atoms with E-state index in [1.165, 1.54) is 13.0 Å². The summed E-state index contributed by atoms with van der Waals surface area (Å²) in [6, 6.07) is 3.19. The minimum atomic E-state index is -4.21. The molecule has 2 aliphatic rings. The van der Waals surface area contributed by atoms with Gasteiger partial charge in [-0.3, -0.25) is 0 Å². The molecule has 3 rings (SSSR count). The van der Waals surface area contributed by atoms with Gasteiger partial charge in [0.15, 0.2) is 31.3 Å². The van der Waals surface area contributed by atoms with E-state index in [1.807, 2.05) is 0 Å². The number of hydrogen-bond donors (Lipinski definition) is 1. The van der Waals surface area contributed by atoms with Crippen LogP contribution in [0.3, 0.4) is 0 Å². The predicted molar refractivity (Wildman–Crippen MR) is 96.4 cm³/mol. The van der Waals surface area contributed by atoms with Crippen molar-refractivity contribution in [1.82, 2.24) is 5.32 Å². The highest BCUT2D eigenvalue weighted by atomic mass is 32.2. The zero-order chi connectivity index (χ0) is 20.9. The van der Waals surface area contributed by atoms with E-state index < -0.39 is 70.9 Å². The molecule has 11 heteroatoms. The average molecular weight is 433 g/mol. The lowest BCUT2D eigenvalue weighted by molar-refractivity contribution is -0.136. The maximum Gasteiger partial charge on any atom is 0.336 e. The van der Waals surface area contributed by atoms with Crippen molar-refractivity contribution < 1.29 is 35.1 Å². The first-order valence-electron chi connectivity index (χ1n) is 8.14. The minimum absolute atomic E-state index is 0.103. The number of methoxy groups -OCH3 is 1. The summed E-state index contributed by atoms with van der Waals surface area (Å²) in [5.41, 5.74) is -0.687. The fourth-order valence-corrected chi connectivity index (χ4v) is 7.53. The van der Waals surface area contributed by atoms with Crippen molar-refractivity contribution in [3.63, 3.8) is 0 Å². The van der Waals surface area contributed by atoms with Crippen LogP contribution < -0.4 is 5.32 Å². The summed E-state index contributed by atoms with van der Waals surface area (Å²) in [7, 11) is -6.90. The van der Waals surface area contributed by atoms with E-state index in [1.54, 1.807) is 0 Å².